The van der Waals surface area contributed by atoms with E-state index < -0.39 is 0 Å². The van der Waals surface area contributed by atoms with E-state index in [1.807, 2.05) is 12.3 Å². The van der Waals surface area contributed by atoms with Gasteiger partial charge in [-0.15, -0.1) is 0 Å². The molecule has 0 bridgehead atoms. The summed E-state index contributed by atoms with van der Waals surface area (Å²) >= 11 is 0. The number of pyridine rings is 1. The fourth-order valence-corrected chi connectivity index (χ4v) is 2.40. The highest BCUT2D eigenvalue weighted by Crippen LogP contribution is 2.30. The van der Waals surface area contributed by atoms with E-state index >= 15 is 0 Å². The molecular weight excluding hydrogens is 212 g/mol. The lowest BCUT2D eigenvalue weighted by molar-refractivity contribution is 0.202. The molecule has 0 radical (unpaired) electrons. The minimum atomic E-state index is 0.145. The third-order valence-corrected chi connectivity index (χ3v) is 3.57. The highest BCUT2D eigenvalue weighted by Gasteiger charge is 2.25. The Morgan fingerprint density at radius 3 is 3.12 bits per heavy atom. The SMILES string of the molecule is CC(C)(CCO)CNC1CCc2cccnc21. The van der Waals surface area contributed by atoms with Crippen LogP contribution >= 0.6 is 0 Å². The minimum Gasteiger partial charge on any atom is -0.396 e. The van der Waals surface area contributed by atoms with E-state index in [9.17, 15) is 0 Å². The fourth-order valence-electron chi connectivity index (χ4n) is 2.40. The van der Waals surface area contributed by atoms with Crippen LogP contribution < -0.4 is 5.32 Å². The number of aryl methyl sites for hydroxylation is 1. The summed E-state index contributed by atoms with van der Waals surface area (Å²) in [6.45, 7) is 5.55. The van der Waals surface area contributed by atoms with E-state index in [2.05, 4.69) is 30.2 Å². The van der Waals surface area contributed by atoms with Crippen LogP contribution in [0.15, 0.2) is 18.3 Å². The molecule has 0 spiro atoms. The van der Waals surface area contributed by atoms with Gasteiger partial charge in [-0.2, -0.15) is 0 Å². The van der Waals surface area contributed by atoms with Crippen LogP contribution in [0.4, 0.5) is 0 Å². The standard InChI is InChI=1S/C14H22N2O/c1-14(2,7-9-17)10-16-12-6-5-11-4-3-8-15-13(11)12/h3-4,8,12,16-17H,5-7,9-10H2,1-2H3. The Labute approximate surface area is 103 Å². The molecule has 1 aromatic heterocycles. The molecule has 0 amide bonds. The zero-order chi connectivity index (χ0) is 12.3. The van der Waals surface area contributed by atoms with Crippen molar-refractivity contribution >= 4 is 0 Å². The summed E-state index contributed by atoms with van der Waals surface area (Å²) < 4.78 is 0. The van der Waals surface area contributed by atoms with Gasteiger partial charge in [0.25, 0.3) is 0 Å². The van der Waals surface area contributed by atoms with E-state index in [1.54, 1.807) is 0 Å². The Morgan fingerprint density at radius 2 is 2.35 bits per heavy atom. The van der Waals surface area contributed by atoms with Gasteiger partial charge in [-0.1, -0.05) is 19.9 Å². The first-order valence-corrected chi connectivity index (χ1v) is 6.40. The van der Waals surface area contributed by atoms with Crippen molar-refractivity contribution in [1.29, 1.82) is 0 Å². The van der Waals surface area contributed by atoms with Gasteiger partial charge >= 0.3 is 0 Å². The van der Waals surface area contributed by atoms with Crippen LogP contribution in [0.2, 0.25) is 0 Å². The summed E-state index contributed by atoms with van der Waals surface area (Å²) in [5.74, 6) is 0. The quantitative estimate of drug-likeness (QED) is 0.819. The van der Waals surface area contributed by atoms with Crippen LogP contribution in [-0.4, -0.2) is 23.2 Å². The topological polar surface area (TPSA) is 45.1 Å². The Morgan fingerprint density at radius 1 is 1.53 bits per heavy atom. The number of hydrogen-bond acceptors (Lipinski definition) is 3. The third kappa shape index (κ3) is 3.05. The highest BCUT2D eigenvalue weighted by molar-refractivity contribution is 5.27. The van der Waals surface area contributed by atoms with Gasteiger partial charge in [0.15, 0.2) is 0 Å². The Kier molecular flexibility index (Phi) is 3.79. The second-order valence-corrected chi connectivity index (χ2v) is 5.66. The Balaban J connectivity index is 1.94. The maximum Gasteiger partial charge on any atom is 0.0605 e. The number of aliphatic hydroxyl groups is 1. The third-order valence-electron chi connectivity index (χ3n) is 3.57. The molecule has 1 aromatic rings. The maximum absolute atomic E-state index is 9.01. The summed E-state index contributed by atoms with van der Waals surface area (Å²) in [7, 11) is 0. The molecule has 0 aromatic carbocycles. The lowest BCUT2D eigenvalue weighted by Gasteiger charge is -2.26. The van der Waals surface area contributed by atoms with E-state index in [0.29, 0.717) is 6.04 Å². The van der Waals surface area contributed by atoms with Gasteiger partial charge in [0.05, 0.1) is 11.7 Å². The maximum atomic E-state index is 9.01. The van der Waals surface area contributed by atoms with Gasteiger partial charge in [-0.25, -0.2) is 0 Å². The summed E-state index contributed by atoms with van der Waals surface area (Å²) in [5, 5.41) is 12.6. The van der Waals surface area contributed by atoms with E-state index in [-0.39, 0.29) is 12.0 Å². The smallest absolute Gasteiger partial charge is 0.0605 e. The molecule has 2 N–H and O–H groups in total. The van der Waals surface area contributed by atoms with Crippen molar-refractivity contribution in [3.8, 4) is 0 Å². The van der Waals surface area contributed by atoms with Gasteiger partial charge in [0.1, 0.15) is 0 Å². The number of fused-ring (bicyclic) bond motifs is 1. The van der Waals surface area contributed by atoms with Gasteiger partial charge in [-0.05, 0) is 36.3 Å². The number of nitrogens with one attached hydrogen (secondary N) is 1. The van der Waals surface area contributed by atoms with Crippen LogP contribution in [-0.2, 0) is 6.42 Å². The molecule has 1 unspecified atom stereocenters. The number of rotatable bonds is 5. The molecule has 1 atom stereocenters. The zero-order valence-electron chi connectivity index (χ0n) is 10.7. The lowest BCUT2D eigenvalue weighted by atomic mass is 9.89. The molecule has 1 aliphatic rings. The molecule has 0 aliphatic heterocycles. The fraction of sp³-hybridized carbons (Fsp3) is 0.643. The monoisotopic (exact) mass is 234 g/mol. The summed E-state index contributed by atoms with van der Waals surface area (Å²) in [5.41, 5.74) is 2.74. The van der Waals surface area contributed by atoms with Gasteiger partial charge in [-0.3, -0.25) is 4.98 Å². The number of aromatic nitrogens is 1. The van der Waals surface area contributed by atoms with E-state index in [1.165, 1.54) is 11.3 Å². The van der Waals surface area contributed by atoms with Crippen molar-refractivity contribution in [3.63, 3.8) is 0 Å². The molecule has 1 aliphatic carbocycles. The Bertz CT molecular complexity index is 376. The Hall–Kier alpha value is -0.930. The van der Waals surface area contributed by atoms with Gasteiger partial charge in [0, 0.05) is 19.3 Å². The van der Waals surface area contributed by atoms with E-state index in [0.717, 1.165) is 25.8 Å². The zero-order valence-corrected chi connectivity index (χ0v) is 10.7. The molecular formula is C14H22N2O. The molecule has 0 fully saturated rings. The molecule has 94 valence electrons. The van der Waals surface area contributed by atoms with Crippen LogP contribution in [0, 0.1) is 5.41 Å². The van der Waals surface area contributed by atoms with Crippen molar-refractivity contribution < 1.29 is 5.11 Å². The van der Waals surface area contributed by atoms with Crippen molar-refractivity contribution in [2.24, 2.45) is 5.41 Å². The highest BCUT2D eigenvalue weighted by atomic mass is 16.3. The van der Waals surface area contributed by atoms with Crippen molar-refractivity contribution in [2.45, 2.75) is 39.2 Å². The van der Waals surface area contributed by atoms with Gasteiger partial charge in [0.2, 0.25) is 0 Å². The molecule has 0 saturated carbocycles. The number of hydrogen-bond donors (Lipinski definition) is 2. The molecule has 2 rings (SSSR count). The van der Waals surface area contributed by atoms with Crippen molar-refractivity contribution in [2.75, 3.05) is 13.2 Å². The van der Waals surface area contributed by atoms with Crippen LogP contribution in [0.25, 0.3) is 0 Å². The summed E-state index contributed by atoms with van der Waals surface area (Å²) in [6, 6.07) is 4.57. The number of aliphatic hydroxyl groups excluding tert-OH is 1. The van der Waals surface area contributed by atoms with Crippen LogP contribution in [0.3, 0.4) is 0 Å². The van der Waals surface area contributed by atoms with E-state index in [4.69, 9.17) is 5.11 Å². The molecule has 3 heteroatoms. The molecule has 17 heavy (non-hydrogen) atoms. The van der Waals surface area contributed by atoms with Crippen molar-refractivity contribution in [3.05, 3.63) is 29.6 Å². The second kappa shape index (κ2) is 5.15. The summed E-state index contributed by atoms with van der Waals surface area (Å²) in [6.07, 6.45) is 4.97. The molecule has 0 saturated heterocycles. The summed E-state index contributed by atoms with van der Waals surface area (Å²) in [4.78, 5) is 4.48. The average Bonchev–Trinajstić information content (AvgIpc) is 2.70. The predicted octanol–water partition coefficient (Wildman–Crippen LogP) is 2.07. The predicted molar refractivity (Wildman–Crippen MR) is 68.8 cm³/mol. The van der Waals surface area contributed by atoms with Crippen LogP contribution in [0.1, 0.15) is 44.0 Å². The second-order valence-electron chi connectivity index (χ2n) is 5.66. The van der Waals surface area contributed by atoms with Gasteiger partial charge < -0.3 is 10.4 Å². The van der Waals surface area contributed by atoms with Crippen LogP contribution in [0.5, 0.6) is 0 Å². The average molecular weight is 234 g/mol. The normalized spacial score (nSPS) is 19.4. The van der Waals surface area contributed by atoms with Crippen molar-refractivity contribution in [1.82, 2.24) is 10.3 Å². The first kappa shape index (κ1) is 12.5. The first-order valence-electron chi connectivity index (χ1n) is 6.40. The molecule has 3 nitrogen and oxygen atoms in total. The largest absolute Gasteiger partial charge is 0.396 e. The minimum absolute atomic E-state index is 0.145. The number of nitrogens with zero attached hydrogens (tertiary/aromatic N) is 1. The lowest BCUT2D eigenvalue weighted by Crippen LogP contribution is -2.32. The molecule has 1 heterocycles. The first-order chi connectivity index (χ1) is 8.12.